The van der Waals surface area contributed by atoms with Crippen molar-refractivity contribution in [3.05, 3.63) is 209 Å². The normalized spacial score (nSPS) is 19.4. The first-order chi connectivity index (χ1) is 28.7. The van der Waals surface area contributed by atoms with Crippen molar-refractivity contribution in [1.82, 2.24) is 15.2 Å². The van der Waals surface area contributed by atoms with E-state index >= 15 is 0 Å². The van der Waals surface area contributed by atoms with Crippen LogP contribution >= 0.6 is 0 Å². The van der Waals surface area contributed by atoms with Gasteiger partial charge in [0.2, 0.25) is 0 Å². The largest absolute Gasteiger partial charge is 0.332 e. The molecule has 58 heavy (non-hydrogen) atoms. The van der Waals surface area contributed by atoms with E-state index in [1.807, 2.05) is 0 Å². The summed E-state index contributed by atoms with van der Waals surface area (Å²) in [7, 11) is 0. The third-order valence-corrected chi connectivity index (χ3v) is 12.6. The smallest absolute Gasteiger partial charge is 0.0852 e. The highest BCUT2D eigenvalue weighted by molar-refractivity contribution is 6.23. The summed E-state index contributed by atoms with van der Waals surface area (Å²) in [6.07, 6.45) is 20.4. The van der Waals surface area contributed by atoms with Crippen molar-refractivity contribution in [2.24, 2.45) is 5.73 Å². The van der Waals surface area contributed by atoms with E-state index in [0.29, 0.717) is 0 Å². The maximum absolute atomic E-state index is 7.11. The zero-order valence-corrected chi connectivity index (χ0v) is 32.6. The second kappa shape index (κ2) is 14.6. The first-order valence-corrected chi connectivity index (χ1v) is 20.9. The van der Waals surface area contributed by atoms with E-state index in [1.165, 1.54) is 66.2 Å². The van der Waals surface area contributed by atoms with Gasteiger partial charge in [-0.05, 0) is 94.8 Å². The summed E-state index contributed by atoms with van der Waals surface area (Å²) in [5.74, 6) is 0.274. The van der Waals surface area contributed by atoms with Gasteiger partial charge in [0.05, 0.1) is 35.1 Å². The summed E-state index contributed by atoms with van der Waals surface area (Å²) in [6, 6.07) is 48.9. The number of allylic oxidation sites excluding steroid dienone is 6. The van der Waals surface area contributed by atoms with Crippen molar-refractivity contribution in [1.29, 1.82) is 0 Å². The van der Waals surface area contributed by atoms with Crippen LogP contribution in [0.4, 0.5) is 11.4 Å². The molecule has 0 radical (unpaired) electrons. The molecule has 6 aromatic carbocycles. The molecule has 11 rings (SSSR count). The molecular formula is C53H47N5. The summed E-state index contributed by atoms with van der Waals surface area (Å²) >= 11 is 0. The van der Waals surface area contributed by atoms with E-state index < -0.39 is 6.17 Å². The Kier molecular flexibility index (Phi) is 8.81. The number of rotatable bonds is 9. The van der Waals surface area contributed by atoms with Gasteiger partial charge in [-0.1, -0.05) is 146 Å². The Morgan fingerprint density at radius 1 is 0.690 bits per heavy atom. The lowest BCUT2D eigenvalue weighted by atomic mass is 9.81. The van der Waals surface area contributed by atoms with Gasteiger partial charge in [-0.25, -0.2) is 0 Å². The molecule has 3 aliphatic carbocycles. The predicted octanol–water partition coefficient (Wildman–Crippen LogP) is 11.9. The van der Waals surface area contributed by atoms with Crippen LogP contribution in [0.3, 0.4) is 0 Å². The summed E-state index contributed by atoms with van der Waals surface area (Å²) in [5.41, 5.74) is 20.9. The predicted molar refractivity (Wildman–Crippen MR) is 242 cm³/mol. The Labute approximate surface area is 340 Å². The van der Waals surface area contributed by atoms with Gasteiger partial charge in [-0.15, -0.1) is 0 Å². The van der Waals surface area contributed by atoms with Crippen molar-refractivity contribution < 1.29 is 0 Å². The SMILES string of the molecule is NC(NC(NCC1=CCCC=C1)c1ccccc1)c1cccc(-n2c3ccccc3c3c(N4c5ccccc5C5C=C6C=CCCC6=CC54)c4ccccc4cc32)c1. The standard InChI is InChI=1S/C53H47N5/c54-52(56-53(36-18-5-2-6-19-36)55-34-35-16-3-1-4-17-35)40-23-15-24-41(30-40)57-47-29-14-12-27-44(47)50-49(57)33-39-22-9-10-25-42(39)51(50)58-46-28-13-11-26-43(46)45-31-37-20-7-8-21-38(37)32-48(45)58/h2-3,5-7,9-20,22-33,45,48,52-53,55-56H,1,4,8,21,34,54H2. The number of benzene rings is 6. The van der Waals surface area contributed by atoms with E-state index in [0.717, 1.165) is 49.0 Å². The maximum Gasteiger partial charge on any atom is 0.0852 e. The first-order valence-electron chi connectivity index (χ1n) is 20.9. The van der Waals surface area contributed by atoms with Gasteiger partial charge in [-0.3, -0.25) is 10.6 Å². The molecule has 1 aromatic heterocycles. The third-order valence-electron chi connectivity index (χ3n) is 12.6. The number of nitrogens with two attached hydrogens (primary N) is 1. The second-order valence-corrected chi connectivity index (χ2v) is 16.1. The molecule has 5 heteroatoms. The van der Waals surface area contributed by atoms with Crippen LogP contribution in [-0.4, -0.2) is 17.2 Å². The molecule has 0 fully saturated rings. The van der Waals surface area contributed by atoms with Crippen LogP contribution in [0.5, 0.6) is 0 Å². The summed E-state index contributed by atoms with van der Waals surface area (Å²) < 4.78 is 2.45. The molecule has 2 heterocycles. The van der Waals surface area contributed by atoms with Gasteiger partial charge in [0.25, 0.3) is 0 Å². The number of nitrogens with zero attached hydrogens (tertiary/aromatic N) is 2. The zero-order chi connectivity index (χ0) is 38.6. The molecule has 0 spiro atoms. The van der Waals surface area contributed by atoms with E-state index in [9.17, 15) is 0 Å². The fourth-order valence-electron chi connectivity index (χ4n) is 9.94. The number of nitrogens with one attached hydrogen (secondary N) is 2. The van der Waals surface area contributed by atoms with Crippen molar-refractivity contribution in [3.63, 3.8) is 0 Å². The second-order valence-electron chi connectivity index (χ2n) is 16.1. The Balaban J connectivity index is 1.05. The molecule has 284 valence electrons. The minimum absolute atomic E-state index is 0.129. The highest BCUT2D eigenvalue weighted by Crippen LogP contribution is 2.54. The fourth-order valence-corrected chi connectivity index (χ4v) is 9.94. The van der Waals surface area contributed by atoms with Crippen LogP contribution in [0.2, 0.25) is 0 Å². The van der Waals surface area contributed by atoms with Crippen molar-refractivity contribution in [2.75, 3.05) is 11.4 Å². The lowest BCUT2D eigenvalue weighted by molar-refractivity contribution is 0.398. The molecule has 4 N–H and O–H groups in total. The van der Waals surface area contributed by atoms with Crippen LogP contribution in [-0.2, 0) is 0 Å². The molecule has 7 aromatic rings. The quantitative estimate of drug-likeness (QED) is 0.129. The van der Waals surface area contributed by atoms with E-state index in [2.05, 4.69) is 196 Å². The number of para-hydroxylation sites is 2. The van der Waals surface area contributed by atoms with Crippen LogP contribution < -0.4 is 21.3 Å². The highest BCUT2D eigenvalue weighted by atomic mass is 15.2. The molecule has 4 atom stereocenters. The van der Waals surface area contributed by atoms with Crippen molar-refractivity contribution in [2.45, 2.75) is 50.0 Å². The van der Waals surface area contributed by atoms with Crippen LogP contribution in [0.1, 0.15) is 60.6 Å². The third kappa shape index (κ3) is 5.97. The van der Waals surface area contributed by atoms with E-state index in [1.54, 1.807) is 0 Å². The van der Waals surface area contributed by atoms with Gasteiger partial charge in [0.15, 0.2) is 0 Å². The average molecular weight is 754 g/mol. The Hall–Kier alpha value is -6.24. The minimum atomic E-state index is -0.414. The first kappa shape index (κ1) is 35.0. The number of aromatic nitrogens is 1. The molecule has 4 unspecified atom stereocenters. The van der Waals surface area contributed by atoms with Gasteiger partial charge >= 0.3 is 0 Å². The number of fused-ring (bicyclic) bond motifs is 8. The van der Waals surface area contributed by atoms with Crippen molar-refractivity contribution >= 4 is 44.0 Å². The molecule has 4 aliphatic rings. The lowest BCUT2D eigenvalue weighted by Crippen LogP contribution is -2.40. The molecular weight excluding hydrogens is 707 g/mol. The Morgan fingerprint density at radius 2 is 1.48 bits per heavy atom. The molecule has 5 nitrogen and oxygen atoms in total. The molecule has 0 saturated heterocycles. The maximum atomic E-state index is 7.11. The summed E-state index contributed by atoms with van der Waals surface area (Å²) in [4.78, 5) is 2.67. The Morgan fingerprint density at radius 3 is 2.38 bits per heavy atom. The van der Waals surface area contributed by atoms with Gasteiger partial charge in [0, 0.05) is 40.0 Å². The van der Waals surface area contributed by atoms with Crippen molar-refractivity contribution in [3.8, 4) is 5.69 Å². The molecule has 1 aliphatic heterocycles. The van der Waals surface area contributed by atoms with Crippen LogP contribution in [0.15, 0.2) is 193 Å². The van der Waals surface area contributed by atoms with Gasteiger partial charge < -0.3 is 15.2 Å². The lowest BCUT2D eigenvalue weighted by Gasteiger charge is -2.33. The Bertz CT molecular complexity index is 2870. The molecule has 0 amide bonds. The average Bonchev–Trinajstić information content (AvgIpc) is 3.78. The van der Waals surface area contributed by atoms with Crippen LogP contribution in [0, 0.1) is 0 Å². The topological polar surface area (TPSA) is 58.2 Å². The monoisotopic (exact) mass is 753 g/mol. The highest BCUT2D eigenvalue weighted by Gasteiger charge is 2.41. The summed E-state index contributed by atoms with van der Waals surface area (Å²) in [6.45, 7) is 0.766. The van der Waals surface area contributed by atoms with Gasteiger partial charge in [0.1, 0.15) is 0 Å². The number of anilines is 2. The molecule has 0 saturated carbocycles. The fraction of sp³-hybridized carbons (Fsp3) is 0.170. The minimum Gasteiger partial charge on any atom is -0.332 e. The number of hydrogen-bond acceptors (Lipinski definition) is 4. The van der Waals surface area contributed by atoms with E-state index in [-0.39, 0.29) is 18.1 Å². The number of hydrogen-bond donors (Lipinski definition) is 3. The van der Waals surface area contributed by atoms with Gasteiger partial charge in [-0.2, -0.15) is 0 Å². The molecule has 0 bridgehead atoms. The van der Waals surface area contributed by atoms with E-state index in [4.69, 9.17) is 5.73 Å². The zero-order valence-electron chi connectivity index (χ0n) is 32.6. The summed E-state index contributed by atoms with van der Waals surface area (Å²) in [5, 5.41) is 12.5. The van der Waals surface area contributed by atoms with Crippen LogP contribution in [0.25, 0.3) is 38.3 Å².